The normalized spacial score (nSPS) is 14.3. The number of aromatic nitrogens is 2. The van der Waals surface area contributed by atoms with Crippen LogP contribution in [0.2, 0.25) is 17.3 Å². The number of furan rings is 1. The Morgan fingerprint density at radius 3 is 2.15 bits per heavy atom. The smallest absolute Gasteiger partial charge is 3.00 e. The van der Waals surface area contributed by atoms with Gasteiger partial charge in [0.25, 0.3) is 0 Å². The molecule has 8 aromatic carbocycles. The minimum absolute atomic E-state index is 0. The van der Waals surface area contributed by atoms with Gasteiger partial charge in [0.05, 0.1) is 0 Å². The first-order valence-electron chi connectivity index (χ1n) is 25.0. The van der Waals surface area contributed by atoms with Crippen molar-refractivity contribution in [1.82, 2.24) is 9.97 Å². The van der Waals surface area contributed by atoms with Gasteiger partial charge in [-0.3, -0.25) is 0 Å². The van der Waals surface area contributed by atoms with Crippen LogP contribution in [0.15, 0.2) is 162 Å². The van der Waals surface area contributed by atoms with Gasteiger partial charge in [-0.2, -0.15) is 29.5 Å². The molecule has 9 heteroatoms. The number of anilines is 2. The number of halogens is 1. The molecule has 71 heavy (non-hydrogen) atoms. The van der Waals surface area contributed by atoms with Gasteiger partial charge in [-0.05, 0) is 72.2 Å². The first kappa shape index (κ1) is 43.1. The summed E-state index contributed by atoms with van der Waals surface area (Å²) in [6.45, 7) is 4.21. The number of hydrogen-bond donors (Lipinski definition) is 0. The number of thiophene rings is 1. The van der Waals surface area contributed by atoms with E-state index in [1.807, 2.05) is 36.4 Å². The minimum atomic E-state index is -2.44. The van der Waals surface area contributed by atoms with Crippen molar-refractivity contribution in [2.45, 2.75) is 51.1 Å². The molecule has 0 saturated heterocycles. The van der Waals surface area contributed by atoms with Gasteiger partial charge in [0.1, 0.15) is 16.0 Å². The molecule has 348 valence electrons. The summed E-state index contributed by atoms with van der Waals surface area (Å²) < 4.78 is 47.0. The summed E-state index contributed by atoms with van der Waals surface area (Å²) in [6, 6.07) is 57.3. The number of fused-ring (bicyclic) bond motifs is 12. The van der Waals surface area contributed by atoms with E-state index in [0.717, 1.165) is 76.0 Å². The zero-order chi connectivity index (χ0) is 50.5. The van der Waals surface area contributed by atoms with Crippen LogP contribution >= 0.6 is 11.3 Å². The topological polar surface area (TPSA) is 56.3 Å². The zero-order valence-corrected chi connectivity index (χ0v) is 45.2. The number of hydrogen-bond acceptors (Lipinski definition) is 5. The third kappa shape index (κ3) is 7.93. The van der Waals surface area contributed by atoms with Crippen molar-refractivity contribution in [2.75, 3.05) is 4.90 Å². The summed E-state index contributed by atoms with van der Waals surface area (Å²) in [6.07, 6.45) is 1.29. The standard InChI is InChI=1S/C41H27N3OS.C21H21FGeN.Ir/c1-22-21-33-27-13-8-9-18-34(27)45-38(33)24(3)36(22)44-37-29-15-7-5-12-26(29)25-11-4-6-14-28(25)35(37)43-40(44)32-17-10-16-30-31-20-19-23(2)42-41(31)46-39(30)32;1-15-12-21(24-14-20(15)23(2,3)4)18-11-10-17(13-19(18)22)16-8-6-5-7-9-16;/h4-16,18-21,40H,1-3H3;5-10,12-14H,1-4H3;/q-2;-1;+3/i;1D3;. The van der Waals surface area contributed by atoms with Gasteiger partial charge in [-0.15, -0.1) is 16.6 Å². The molecule has 1 unspecified atom stereocenters. The van der Waals surface area contributed by atoms with Crippen LogP contribution in [0.3, 0.4) is 0 Å². The minimum Gasteiger partial charge on any atom is 3.00 e. The molecule has 1 atom stereocenters. The van der Waals surface area contributed by atoms with E-state index >= 15 is 0 Å². The Hall–Kier alpha value is -6.68. The third-order valence-corrected chi connectivity index (χ3v) is 19.0. The zero-order valence-electron chi connectivity index (χ0n) is 42.9. The van der Waals surface area contributed by atoms with Gasteiger partial charge in [0, 0.05) is 38.8 Å². The molecule has 0 aliphatic carbocycles. The predicted molar refractivity (Wildman–Crippen MR) is 295 cm³/mol. The number of nitrogens with zero attached hydrogens (tertiary/aromatic N) is 4. The second-order valence-corrected chi connectivity index (χ2v) is 30.8. The van der Waals surface area contributed by atoms with Crippen LogP contribution in [0.25, 0.3) is 91.5 Å². The van der Waals surface area contributed by atoms with Gasteiger partial charge in [-0.1, -0.05) is 77.5 Å². The number of aryl methyl sites for hydroxylation is 4. The van der Waals surface area contributed by atoms with E-state index in [1.54, 1.807) is 23.6 Å². The SMILES string of the molecule is Cc1ccc2c(n1)sc1c(C3[N-]c4c(c5ccccc5c5ccccc45)N3c3c(C)cc4c(oc5ccccc54)c3C)[c-]ccc12.[2H]C([2H])([2H])c1cc(-c2[c-]cc(-c3ccccc3)cc2F)nc[c]1[Ge]([CH3])([CH3])[CH3].[Ir+3]. The predicted octanol–water partition coefficient (Wildman–Crippen LogP) is 17.4. The Balaban J connectivity index is 0.000000181. The molecule has 0 amide bonds. The van der Waals surface area contributed by atoms with Crippen LogP contribution in [0, 0.1) is 45.6 Å². The van der Waals surface area contributed by atoms with Gasteiger partial charge >= 0.3 is 170 Å². The summed E-state index contributed by atoms with van der Waals surface area (Å²) in [5, 5.41) is 15.1. The van der Waals surface area contributed by atoms with E-state index in [0.29, 0.717) is 11.3 Å². The summed E-state index contributed by atoms with van der Waals surface area (Å²) in [7, 11) is 0. The van der Waals surface area contributed by atoms with E-state index in [9.17, 15) is 4.39 Å². The molecule has 0 bridgehead atoms. The summed E-state index contributed by atoms with van der Waals surface area (Å²) in [4.78, 5) is 12.8. The Kier molecular flexibility index (Phi) is 11.0. The summed E-state index contributed by atoms with van der Waals surface area (Å²) in [5.74, 6) is 5.89. The molecule has 13 rings (SSSR count). The average molecular weight is 1180 g/mol. The Bertz CT molecular complexity index is 4190. The van der Waals surface area contributed by atoms with Gasteiger partial charge in [-0.25, -0.2) is 4.98 Å². The molecular formula is C62H48FGeIrN4OS. The maximum atomic E-state index is 14.8. The van der Waals surface area contributed by atoms with E-state index in [4.69, 9.17) is 18.8 Å². The molecule has 0 saturated carbocycles. The summed E-state index contributed by atoms with van der Waals surface area (Å²) >= 11 is -0.699. The van der Waals surface area contributed by atoms with E-state index in [2.05, 4.69) is 157 Å². The Morgan fingerprint density at radius 2 is 1.41 bits per heavy atom. The van der Waals surface area contributed by atoms with Gasteiger partial charge in [0.2, 0.25) is 0 Å². The van der Waals surface area contributed by atoms with Crippen LogP contribution in [0.5, 0.6) is 0 Å². The average Bonchev–Trinajstić information content (AvgIpc) is 4.08. The Morgan fingerprint density at radius 1 is 0.704 bits per heavy atom. The second kappa shape index (κ2) is 18.2. The molecule has 0 fully saturated rings. The monoisotopic (exact) mass is 1190 g/mol. The quantitative estimate of drug-likeness (QED) is 0.0979. The molecule has 0 spiro atoms. The largest absolute Gasteiger partial charge is 3.00 e. The first-order valence-corrected chi connectivity index (χ1v) is 31.6. The van der Waals surface area contributed by atoms with Crippen LogP contribution in [-0.4, -0.2) is 23.2 Å². The van der Waals surface area contributed by atoms with E-state index in [-0.39, 0.29) is 37.4 Å². The molecular weight excluding hydrogens is 1130 g/mol. The van der Waals surface area contributed by atoms with Crippen molar-refractivity contribution in [2.24, 2.45) is 0 Å². The van der Waals surface area contributed by atoms with Crippen molar-refractivity contribution in [3.8, 4) is 22.4 Å². The van der Waals surface area contributed by atoms with Crippen molar-refractivity contribution in [1.29, 1.82) is 0 Å². The van der Waals surface area contributed by atoms with Crippen LogP contribution in [-0.2, 0) is 20.1 Å². The molecule has 12 aromatic rings. The fourth-order valence-electron chi connectivity index (χ4n) is 10.3. The van der Waals surface area contributed by atoms with Crippen molar-refractivity contribution in [3.63, 3.8) is 0 Å². The maximum absolute atomic E-state index is 14.8. The number of benzene rings is 8. The summed E-state index contributed by atoms with van der Waals surface area (Å²) in [5.41, 5.74) is 11.8. The molecule has 5 heterocycles. The number of para-hydroxylation sites is 1. The molecule has 1 aliphatic rings. The molecule has 1 aliphatic heterocycles. The number of pyridine rings is 2. The second-order valence-electron chi connectivity index (χ2n) is 19.2. The maximum Gasteiger partial charge on any atom is 3.00 e. The fraction of sp³-hybridized carbons (Fsp3) is 0.129. The van der Waals surface area contributed by atoms with Crippen LogP contribution in [0.1, 0.15) is 38.2 Å². The third-order valence-electron chi connectivity index (χ3n) is 13.6. The van der Waals surface area contributed by atoms with Crippen molar-refractivity contribution >= 4 is 110 Å². The molecule has 0 radical (unpaired) electrons. The molecule has 5 nitrogen and oxygen atoms in total. The van der Waals surface area contributed by atoms with E-state index in [1.165, 1.54) is 49.3 Å². The molecule has 0 N–H and O–H groups in total. The van der Waals surface area contributed by atoms with Crippen molar-refractivity contribution < 1.29 is 33.0 Å². The number of rotatable bonds is 5. The van der Waals surface area contributed by atoms with Gasteiger partial charge in [0.15, 0.2) is 0 Å². The first-order chi connectivity index (χ1) is 35.1. The fourth-order valence-corrected chi connectivity index (χ4v) is 14.4. The Labute approximate surface area is 437 Å². The molecule has 4 aromatic heterocycles. The van der Waals surface area contributed by atoms with Crippen LogP contribution in [0.4, 0.5) is 21.5 Å². The van der Waals surface area contributed by atoms with E-state index < -0.39 is 25.9 Å². The van der Waals surface area contributed by atoms with Gasteiger partial charge < -0.3 is 14.6 Å². The van der Waals surface area contributed by atoms with Crippen molar-refractivity contribution in [3.05, 3.63) is 209 Å². The van der Waals surface area contributed by atoms with Crippen LogP contribution < -0.4 is 9.30 Å².